The molecule has 0 radical (unpaired) electrons. The molecule has 0 aromatic rings. The molecule has 0 N–H and O–H groups in total. The number of rotatable bonds is 4. The van der Waals surface area contributed by atoms with Crippen LogP contribution in [0.15, 0.2) is 24.3 Å². The first-order valence-corrected chi connectivity index (χ1v) is 7.12. The van der Waals surface area contributed by atoms with Crippen LogP contribution in [-0.2, 0) is 16.0 Å². The Labute approximate surface area is 130 Å². The average molecular weight is 297 g/mol. The van der Waals surface area contributed by atoms with Crippen LogP contribution < -0.4 is 4.74 Å². The van der Waals surface area contributed by atoms with Gasteiger partial charge in [-0.2, -0.15) is 5.26 Å². The van der Waals surface area contributed by atoms with Crippen molar-refractivity contribution in [2.45, 2.75) is 26.2 Å². The van der Waals surface area contributed by atoms with Crippen LogP contribution in [0.4, 0.5) is 0 Å². The normalized spacial score (nSPS) is 10.5. The zero-order valence-electron chi connectivity index (χ0n) is 13.3. The highest BCUT2D eigenvalue weighted by Gasteiger charge is 2.21. The fraction of sp³-hybridized carbons (Fsp3) is 0.333. The highest BCUT2D eigenvalue weighted by molar-refractivity contribution is 5.85. The molecular formula is C18H19NO3. The van der Waals surface area contributed by atoms with Crippen molar-refractivity contribution >= 4 is 5.97 Å². The van der Waals surface area contributed by atoms with Crippen molar-refractivity contribution in [3.8, 4) is 22.9 Å². The molecule has 0 aliphatic heterocycles. The van der Waals surface area contributed by atoms with Crippen LogP contribution in [-0.4, -0.2) is 20.2 Å². The zero-order chi connectivity index (χ0) is 16.3. The van der Waals surface area contributed by atoms with Gasteiger partial charge in [0.2, 0.25) is 0 Å². The molecule has 4 heteroatoms. The largest absolute Gasteiger partial charge is 0.496 e. The monoisotopic (exact) mass is 297 g/mol. The summed E-state index contributed by atoms with van der Waals surface area (Å²) in [6.45, 7) is 4.19. The molecule has 0 unspecified atom stereocenters. The van der Waals surface area contributed by atoms with Crippen molar-refractivity contribution in [2.75, 3.05) is 14.2 Å². The molecule has 0 atom stereocenters. The maximum Gasteiger partial charge on any atom is 0.310 e. The number of fused-ring (bicyclic) bond motifs is 1. The van der Waals surface area contributed by atoms with E-state index in [0.717, 1.165) is 16.7 Å². The number of carbonyl (C=O) groups is 1. The second kappa shape index (κ2) is 6.48. The number of esters is 1. The summed E-state index contributed by atoms with van der Waals surface area (Å²) in [7, 11) is 2.94. The first kappa shape index (κ1) is 15.8. The summed E-state index contributed by atoms with van der Waals surface area (Å²) in [5, 5.41) is 9.52. The summed E-state index contributed by atoms with van der Waals surface area (Å²) in [5.41, 5.74) is 3.94. The van der Waals surface area contributed by atoms with Crippen LogP contribution in [0.2, 0.25) is 0 Å². The van der Waals surface area contributed by atoms with Gasteiger partial charge in [-0.3, -0.25) is 4.79 Å². The Bertz CT molecular complexity index is 713. The van der Waals surface area contributed by atoms with E-state index in [4.69, 9.17) is 9.47 Å². The Morgan fingerprint density at radius 1 is 1.23 bits per heavy atom. The minimum Gasteiger partial charge on any atom is -0.496 e. The molecule has 2 aliphatic carbocycles. The van der Waals surface area contributed by atoms with Crippen LogP contribution in [0.5, 0.6) is 5.75 Å². The first-order chi connectivity index (χ1) is 10.5. The third-order valence-electron chi connectivity index (χ3n) is 3.76. The second-order valence-corrected chi connectivity index (χ2v) is 5.44. The lowest BCUT2D eigenvalue weighted by atomic mass is 10.0. The molecule has 4 nitrogen and oxygen atoms in total. The summed E-state index contributed by atoms with van der Waals surface area (Å²) in [5.74, 6) is 0.652. The fourth-order valence-corrected chi connectivity index (χ4v) is 2.50. The third-order valence-corrected chi connectivity index (χ3v) is 3.76. The van der Waals surface area contributed by atoms with Gasteiger partial charge in [0.1, 0.15) is 11.8 Å². The lowest BCUT2D eigenvalue weighted by Gasteiger charge is -2.03. The van der Waals surface area contributed by atoms with Crippen molar-refractivity contribution in [1.82, 2.24) is 0 Å². The predicted molar refractivity (Wildman–Crippen MR) is 84.1 cm³/mol. The van der Waals surface area contributed by atoms with Crippen molar-refractivity contribution < 1.29 is 14.3 Å². The SMILES string of the molecule is COC(=O)Cc1cc2c(OC)ccc(C(C)C)cc-2c1C#N. The molecule has 0 aromatic heterocycles. The summed E-state index contributed by atoms with van der Waals surface area (Å²) in [4.78, 5) is 11.6. The van der Waals surface area contributed by atoms with Crippen LogP contribution >= 0.6 is 0 Å². The summed E-state index contributed by atoms with van der Waals surface area (Å²) in [6, 6.07) is 9.97. The van der Waals surface area contributed by atoms with Crippen LogP contribution in [0, 0.1) is 11.3 Å². The van der Waals surface area contributed by atoms with E-state index >= 15 is 0 Å². The second-order valence-electron chi connectivity index (χ2n) is 5.44. The van der Waals surface area contributed by atoms with Crippen molar-refractivity contribution in [1.29, 1.82) is 5.26 Å². The topological polar surface area (TPSA) is 59.3 Å². The number of carbonyl (C=O) groups excluding carboxylic acids is 1. The minimum atomic E-state index is -0.362. The molecule has 0 fully saturated rings. The standard InChI is InChI=1S/C18H19NO3/c1-11(2)12-5-6-17(21-3)15-8-13(9-18(20)22-4)16(10-19)14(15)7-12/h5-8,11H,9H2,1-4H3. The van der Waals surface area contributed by atoms with E-state index in [9.17, 15) is 10.1 Å². The molecule has 0 saturated heterocycles. The van der Waals surface area contributed by atoms with Crippen molar-refractivity contribution in [3.63, 3.8) is 0 Å². The maximum absolute atomic E-state index is 11.6. The highest BCUT2D eigenvalue weighted by atomic mass is 16.5. The summed E-state index contributed by atoms with van der Waals surface area (Å²) < 4.78 is 10.1. The van der Waals surface area contributed by atoms with Crippen LogP contribution in [0.1, 0.15) is 36.5 Å². The van der Waals surface area contributed by atoms with Crippen LogP contribution in [0.3, 0.4) is 0 Å². The van der Waals surface area contributed by atoms with Gasteiger partial charge < -0.3 is 9.47 Å². The van der Waals surface area contributed by atoms with Gasteiger partial charge >= 0.3 is 5.97 Å². The lowest BCUT2D eigenvalue weighted by molar-refractivity contribution is -0.139. The molecule has 22 heavy (non-hydrogen) atoms. The summed E-state index contributed by atoms with van der Waals surface area (Å²) >= 11 is 0. The number of nitriles is 1. The summed E-state index contributed by atoms with van der Waals surface area (Å²) in [6.07, 6.45) is 0.0813. The van der Waals surface area contributed by atoms with E-state index in [1.165, 1.54) is 7.11 Å². The van der Waals surface area contributed by atoms with Gasteiger partial charge in [0.15, 0.2) is 0 Å². The quantitative estimate of drug-likeness (QED) is 0.810. The van der Waals surface area contributed by atoms with Gasteiger partial charge in [0.25, 0.3) is 0 Å². The van der Waals surface area contributed by atoms with Crippen molar-refractivity contribution in [3.05, 3.63) is 41.0 Å². The Balaban J connectivity index is 2.72. The average Bonchev–Trinajstić information content (AvgIpc) is 2.72. The number of hydrogen-bond donors (Lipinski definition) is 0. The van der Waals surface area contributed by atoms with E-state index in [0.29, 0.717) is 22.8 Å². The number of ether oxygens (including phenoxy) is 2. The molecule has 114 valence electrons. The molecule has 0 saturated carbocycles. The molecule has 0 heterocycles. The number of nitrogens with zero attached hydrogens (tertiary/aromatic N) is 1. The Hall–Kier alpha value is -2.54. The van der Waals surface area contributed by atoms with E-state index in [2.05, 4.69) is 19.9 Å². The van der Waals surface area contributed by atoms with Gasteiger partial charge in [-0.15, -0.1) is 0 Å². The Morgan fingerprint density at radius 2 is 1.95 bits per heavy atom. The van der Waals surface area contributed by atoms with Gasteiger partial charge in [0.05, 0.1) is 26.2 Å². The maximum atomic E-state index is 11.6. The smallest absolute Gasteiger partial charge is 0.310 e. The predicted octanol–water partition coefficient (Wildman–Crippen LogP) is 3.51. The van der Waals surface area contributed by atoms with E-state index in [-0.39, 0.29) is 12.4 Å². The molecule has 2 aliphatic rings. The molecule has 0 bridgehead atoms. The van der Waals surface area contributed by atoms with E-state index in [1.54, 1.807) is 7.11 Å². The Kier molecular flexibility index (Phi) is 4.67. The zero-order valence-corrected chi connectivity index (χ0v) is 13.3. The van der Waals surface area contributed by atoms with Gasteiger partial charge in [0, 0.05) is 11.1 Å². The highest BCUT2D eigenvalue weighted by Crippen LogP contribution is 2.39. The van der Waals surface area contributed by atoms with Gasteiger partial charge in [-0.1, -0.05) is 19.9 Å². The lowest BCUT2D eigenvalue weighted by Crippen LogP contribution is -2.04. The van der Waals surface area contributed by atoms with Crippen molar-refractivity contribution in [2.24, 2.45) is 0 Å². The number of methoxy groups -OCH3 is 2. The van der Waals surface area contributed by atoms with E-state index < -0.39 is 0 Å². The fourth-order valence-electron chi connectivity index (χ4n) is 2.50. The van der Waals surface area contributed by atoms with Crippen LogP contribution in [0.25, 0.3) is 11.1 Å². The van der Waals surface area contributed by atoms with E-state index in [1.807, 2.05) is 24.3 Å². The van der Waals surface area contributed by atoms with Gasteiger partial charge in [-0.05, 0) is 35.2 Å². The molecule has 0 amide bonds. The molecular weight excluding hydrogens is 278 g/mol. The number of hydrogen-bond acceptors (Lipinski definition) is 4. The van der Waals surface area contributed by atoms with Gasteiger partial charge in [-0.25, -0.2) is 0 Å². The molecule has 0 aromatic carbocycles. The minimum absolute atomic E-state index is 0.0813. The Morgan fingerprint density at radius 3 is 2.50 bits per heavy atom. The first-order valence-electron chi connectivity index (χ1n) is 7.12. The molecule has 0 spiro atoms. The molecule has 2 rings (SSSR count). The third kappa shape index (κ3) is 2.89.